The van der Waals surface area contributed by atoms with Crippen LogP contribution in [-0.2, 0) is 0 Å². The molecular formula is C16H17BO3. The van der Waals surface area contributed by atoms with E-state index >= 15 is 0 Å². The van der Waals surface area contributed by atoms with Crippen molar-refractivity contribution in [3.05, 3.63) is 65.7 Å². The Kier molecular flexibility index (Phi) is 4.99. The van der Waals surface area contributed by atoms with Gasteiger partial charge in [-0.15, -0.1) is 0 Å². The fourth-order valence-electron chi connectivity index (χ4n) is 1.89. The summed E-state index contributed by atoms with van der Waals surface area (Å²) in [5, 5.41) is 18.6. The molecule has 20 heavy (non-hydrogen) atoms. The zero-order chi connectivity index (χ0) is 14.4. The number of benzene rings is 2. The van der Waals surface area contributed by atoms with E-state index in [0.717, 1.165) is 11.1 Å². The third-order valence-corrected chi connectivity index (χ3v) is 2.89. The van der Waals surface area contributed by atoms with Gasteiger partial charge in [0.25, 0.3) is 0 Å². The van der Waals surface area contributed by atoms with Gasteiger partial charge in [-0.25, -0.2) is 0 Å². The first-order valence-corrected chi connectivity index (χ1v) is 6.48. The number of hydrogen-bond donors (Lipinski definition) is 2. The Bertz CT molecular complexity index is 580. The monoisotopic (exact) mass is 268 g/mol. The van der Waals surface area contributed by atoms with E-state index in [1.165, 1.54) is 0 Å². The zero-order valence-corrected chi connectivity index (χ0v) is 11.4. The van der Waals surface area contributed by atoms with Gasteiger partial charge < -0.3 is 14.8 Å². The van der Waals surface area contributed by atoms with Crippen molar-refractivity contribution in [3.8, 4) is 5.75 Å². The van der Waals surface area contributed by atoms with Crippen LogP contribution in [0.15, 0.2) is 54.6 Å². The van der Waals surface area contributed by atoms with Crippen LogP contribution in [0.2, 0.25) is 0 Å². The molecule has 2 N–H and O–H groups in total. The van der Waals surface area contributed by atoms with Crippen LogP contribution in [0.5, 0.6) is 5.75 Å². The molecule has 0 aliphatic carbocycles. The van der Waals surface area contributed by atoms with Crippen LogP contribution in [0.3, 0.4) is 0 Å². The van der Waals surface area contributed by atoms with Gasteiger partial charge in [-0.3, -0.25) is 0 Å². The van der Waals surface area contributed by atoms with Gasteiger partial charge in [0.1, 0.15) is 12.4 Å². The summed E-state index contributed by atoms with van der Waals surface area (Å²) in [6.07, 6.45) is 3.85. The van der Waals surface area contributed by atoms with Gasteiger partial charge in [0.2, 0.25) is 0 Å². The van der Waals surface area contributed by atoms with Crippen LogP contribution in [0.25, 0.3) is 6.08 Å². The van der Waals surface area contributed by atoms with Gasteiger partial charge in [0.15, 0.2) is 0 Å². The van der Waals surface area contributed by atoms with E-state index in [2.05, 4.69) is 0 Å². The maximum atomic E-state index is 9.32. The first-order chi connectivity index (χ1) is 9.66. The molecule has 0 unspecified atom stereocenters. The Morgan fingerprint density at radius 2 is 1.85 bits per heavy atom. The maximum absolute atomic E-state index is 9.32. The second kappa shape index (κ2) is 6.94. The molecule has 0 radical (unpaired) electrons. The quantitative estimate of drug-likeness (QED) is 0.812. The SMILES string of the molecule is Cc1ccc(OC/C=C/c2ccccc2)c(B(O)O)c1. The fourth-order valence-corrected chi connectivity index (χ4v) is 1.89. The van der Waals surface area contributed by atoms with E-state index in [9.17, 15) is 10.0 Å². The molecule has 102 valence electrons. The highest BCUT2D eigenvalue weighted by Crippen LogP contribution is 2.10. The van der Waals surface area contributed by atoms with Crippen molar-refractivity contribution in [2.75, 3.05) is 6.61 Å². The van der Waals surface area contributed by atoms with Crippen molar-refractivity contribution in [1.29, 1.82) is 0 Å². The van der Waals surface area contributed by atoms with Crippen molar-refractivity contribution in [3.63, 3.8) is 0 Å². The lowest BCUT2D eigenvalue weighted by atomic mass is 9.79. The van der Waals surface area contributed by atoms with Crippen LogP contribution in [0.1, 0.15) is 11.1 Å². The minimum Gasteiger partial charge on any atom is -0.490 e. The average Bonchev–Trinajstić information content (AvgIpc) is 2.45. The highest BCUT2D eigenvalue weighted by Gasteiger charge is 2.16. The molecule has 0 amide bonds. The molecule has 3 nitrogen and oxygen atoms in total. The Morgan fingerprint density at radius 1 is 1.10 bits per heavy atom. The minimum absolute atomic E-state index is 0.373. The summed E-state index contributed by atoms with van der Waals surface area (Å²) in [6.45, 7) is 2.27. The van der Waals surface area contributed by atoms with Gasteiger partial charge in [0.05, 0.1) is 0 Å². The van der Waals surface area contributed by atoms with Crippen molar-refractivity contribution in [2.45, 2.75) is 6.92 Å². The van der Waals surface area contributed by atoms with Crippen LogP contribution in [-0.4, -0.2) is 23.8 Å². The van der Waals surface area contributed by atoms with Crippen LogP contribution < -0.4 is 10.2 Å². The molecule has 0 aliphatic rings. The third kappa shape index (κ3) is 3.98. The summed E-state index contributed by atoms with van der Waals surface area (Å²) in [5.41, 5.74) is 2.45. The van der Waals surface area contributed by atoms with Gasteiger partial charge in [0, 0.05) is 5.46 Å². The van der Waals surface area contributed by atoms with E-state index in [4.69, 9.17) is 4.74 Å². The first-order valence-electron chi connectivity index (χ1n) is 6.48. The Morgan fingerprint density at radius 3 is 2.55 bits per heavy atom. The normalized spacial score (nSPS) is 10.8. The first kappa shape index (κ1) is 14.4. The number of aryl methyl sites for hydroxylation is 1. The molecule has 0 atom stereocenters. The van der Waals surface area contributed by atoms with Gasteiger partial charge in [-0.2, -0.15) is 0 Å². The van der Waals surface area contributed by atoms with Crippen LogP contribution in [0, 0.1) is 6.92 Å². The lowest BCUT2D eigenvalue weighted by Gasteiger charge is -2.10. The number of ether oxygens (including phenoxy) is 1. The van der Waals surface area contributed by atoms with Crippen LogP contribution >= 0.6 is 0 Å². The summed E-state index contributed by atoms with van der Waals surface area (Å²) in [7, 11) is -1.52. The number of rotatable bonds is 5. The van der Waals surface area contributed by atoms with Crippen molar-refractivity contribution < 1.29 is 14.8 Å². The molecule has 2 aromatic rings. The minimum atomic E-state index is -1.52. The highest BCUT2D eigenvalue weighted by atomic mass is 16.5. The smallest absolute Gasteiger partial charge is 0.490 e. The molecule has 2 aromatic carbocycles. The van der Waals surface area contributed by atoms with E-state index in [1.54, 1.807) is 12.1 Å². The fraction of sp³-hybridized carbons (Fsp3) is 0.125. The molecule has 0 bridgehead atoms. The van der Waals surface area contributed by atoms with Crippen LogP contribution in [0.4, 0.5) is 0 Å². The Hall–Kier alpha value is -2.04. The molecule has 0 saturated carbocycles. The van der Waals surface area contributed by atoms with Gasteiger partial charge in [-0.05, 0) is 24.6 Å². The molecule has 0 heterocycles. The van der Waals surface area contributed by atoms with Gasteiger partial charge in [-0.1, -0.05) is 54.1 Å². The average molecular weight is 268 g/mol. The van der Waals surface area contributed by atoms with Crippen molar-refractivity contribution in [1.82, 2.24) is 0 Å². The molecule has 0 aromatic heterocycles. The predicted octanol–water partition coefficient (Wildman–Crippen LogP) is 1.77. The molecule has 0 spiro atoms. The zero-order valence-electron chi connectivity index (χ0n) is 11.4. The molecule has 0 fully saturated rings. The summed E-state index contributed by atoms with van der Waals surface area (Å²) >= 11 is 0. The molecule has 4 heteroatoms. The summed E-state index contributed by atoms with van der Waals surface area (Å²) in [4.78, 5) is 0. The lowest BCUT2D eigenvalue weighted by molar-refractivity contribution is 0.362. The Balaban J connectivity index is 1.99. The van der Waals surface area contributed by atoms with Crippen molar-refractivity contribution >= 4 is 18.7 Å². The summed E-state index contributed by atoms with van der Waals surface area (Å²) in [5.74, 6) is 0.489. The predicted molar refractivity (Wildman–Crippen MR) is 82.0 cm³/mol. The van der Waals surface area contributed by atoms with Gasteiger partial charge >= 0.3 is 7.12 Å². The van der Waals surface area contributed by atoms with E-state index in [1.807, 2.05) is 55.5 Å². The third-order valence-electron chi connectivity index (χ3n) is 2.89. The van der Waals surface area contributed by atoms with E-state index in [-0.39, 0.29) is 0 Å². The van der Waals surface area contributed by atoms with E-state index in [0.29, 0.717) is 17.8 Å². The summed E-state index contributed by atoms with van der Waals surface area (Å²) < 4.78 is 5.57. The molecule has 0 aliphatic heterocycles. The topological polar surface area (TPSA) is 49.7 Å². The van der Waals surface area contributed by atoms with Crippen molar-refractivity contribution in [2.24, 2.45) is 0 Å². The van der Waals surface area contributed by atoms with E-state index < -0.39 is 7.12 Å². The molecule has 2 rings (SSSR count). The molecular weight excluding hydrogens is 251 g/mol. The largest absolute Gasteiger partial charge is 0.492 e. The summed E-state index contributed by atoms with van der Waals surface area (Å²) in [6, 6.07) is 15.3. The Labute approximate surface area is 119 Å². The standard InChI is InChI=1S/C16H17BO3/c1-13-9-10-16(15(12-13)17(18)19)20-11-5-8-14-6-3-2-4-7-14/h2-10,12,18-19H,11H2,1H3/b8-5+. The molecule has 0 saturated heterocycles. The number of hydrogen-bond acceptors (Lipinski definition) is 3. The second-order valence-electron chi connectivity index (χ2n) is 4.54. The second-order valence-corrected chi connectivity index (χ2v) is 4.54. The lowest BCUT2D eigenvalue weighted by Crippen LogP contribution is -2.31. The maximum Gasteiger partial charge on any atom is 0.492 e. The highest BCUT2D eigenvalue weighted by molar-refractivity contribution is 6.59.